The highest BCUT2D eigenvalue weighted by Gasteiger charge is 2.67. The molecule has 112 valence electrons. The number of nitrogens with two attached hydrogens (primary N) is 1. The molecule has 2 saturated heterocycles. The number of nitrogens with zero attached hydrogens (tertiary/aromatic N) is 1. The van der Waals surface area contributed by atoms with Gasteiger partial charge in [-0.2, -0.15) is 0 Å². The molecule has 2 heterocycles. The molecule has 0 radical (unpaired) electrons. The van der Waals surface area contributed by atoms with Crippen LogP contribution in [-0.4, -0.2) is 56.3 Å². The molecule has 8 heteroatoms. The van der Waals surface area contributed by atoms with Gasteiger partial charge in [-0.15, -0.1) is 23.5 Å². The molecule has 2 fully saturated rings. The molecule has 2 aliphatic heterocycles. The minimum atomic E-state index is -0.913. The van der Waals surface area contributed by atoms with Gasteiger partial charge in [0.15, 0.2) is 0 Å². The molecule has 3 atom stereocenters. The molecule has 0 saturated carbocycles. The van der Waals surface area contributed by atoms with Gasteiger partial charge in [-0.05, 0) is 20.1 Å². The number of methoxy groups -OCH3 is 1. The minimum absolute atomic E-state index is 0.162. The van der Waals surface area contributed by atoms with E-state index in [1.54, 1.807) is 4.90 Å². The Labute approximate surface area is 126 Å². The summed E-state index contributed by atoms with van der Waals surface area (Å²) in [5, 5.41) is 9.31. The van der Waals surface area contributed by atoms with Gasteiger partial charge in [-0.3, -0.25) is 0 Å². The van der Waals surface area contributed by atoms with Crippen molar-refractivity contribution in [3.8, 4) is 0 Å². The second-order valence-corrected chi connectivity index (χ2v) is 8.09. The van der Waals surface area contributed by atoms with E-state index in [0.29, 0.717) is 5.70 Å². The highest BCUT2D eigenvalue weighted by molar-refractivity contribution is 8.05. The molecule has 0 aromatic heterocycles. The number of ether oxygens (including phenoxy) is 1. The van der Waals surface area contributed by atoms with Crippen LogP contribution in [0.4, 0.5) is 0 Å². The molecule has 0 aliphatic carbocycles. The molecule has 0 spiro atoms. The van der Waals surface area contributed by atoms with Gasteiger partial charge in [0.25, 0.3) is 0 Å². The predicted molar refractivity (Wildman–Crippen MR) is 79.3 cm³/mol. The molecule has 0 aromatic carbocycles. The minimum Gasteiger partial charge on any atom is -0.480 e. The average Bonchev–Trinajstić information content (AvgIpc) is 2.64. The Kier molecular flexibility index (Phi) is 3.77. The van der Waals surface area contributed by atoms with Gasteiger partial charge < -0.3 is 20.5 Å². The first-order chi connectivity index (χ1) is 9.19. The zero-order valence-corrected chi connectivity index (χ0v) is 13.4. The van der Waals surface area contributed by atoms with Crippen LogP contribution in [0.5, 0.6) is 0 Å². The maximum absolute atomic E-state index is 11.6. The summed E-state index contributed by atoms with van der Waals surface area (Å²) in [5.41, 5.74) is 6.87. The van der Waals surface area contributed by atoms with Crippen molar-refractivity contribution in [2.45, 2.75) is 34.9 Å². The first-order valence-corrected chi connectivity index (χ1v) is 8.12. The topological polar surface area (TPSA) is 92.9 Å². The van der Waals surface area contributed by atoms with E-state index in [0.717, 1.165) is 0 Å². The summed E-state index contributed by atoms with van der Waals surface area (Å²) in [6, 6.07) is -0.711. The molecular formula is C12H18N2O4S2. The summed E-state index contributed by atoms with van der Waals surface area (Å²) in [7, 11) is 1.28. The molecule has 2 rings (SSSR count). The van der Waals surface area contributed by atoms with Crippen molar-refractivity contribution in [3.05, 3.63) is 11.8 Å². The SMILES string of the molecule is COC(=O)/C=C1/N2[C@@H](C(=O)O)C(C)(C)S[C@@H]2[C@@]1(N)SC. The first kappa shape index (κ1) is 15.5. The number of thioether (sulfide) groups is 2. The van der Waals surface area contributed by atoms with Gasteiger partial charge in [0, 0.05) is 10.8 Å². The lowest BCUT2D eigenvalue weighted by Crippen LogP contribution is -2.69. The van der Waals surface area contributed by atoms with Crippen LogP contribution in [0, 0.1) is 0 Å². The van der Waals surface area contributed by atoms with E-state index >= 15 is 0 Å². The van der Waals surface area contributed by atoms with Gasteiger partial charge in [0.1, 0.15) is 16.3 Å². The molecule has 0 amide bonds. The third-order valence-corrected chi connectivity index (χ3v) is 6.59. The van der Waals surface area contributed by atoms with Crippen molar-refractivity contribution < 1.29 is 19.4 Å². The Hall–Kier alpha value is -0.860. The number of fused-ring (bicyclic) bond motifs is 1. The fourth-order valence-electron chi connectivity index (χ4n) is 2.68. The average molecular weight is 318 g/mol. The van der Waals surface area contributed by atoms with Crippen LogP contribution in [0.1, 0.15) is 13.8 Å². The largest absolute Gasteiger partial charge is 0.480 e. The summed E-state index contributed by atoms with van der Waals surface area (Å²) in [6.07, 6.45) is 3.15. The highest BCUT2D eigenvalue weighted by Crippen LogP contribution is 2.61. The number of carboxylic acid groups (broad SMARTS) is 1. The zero-order chi connectivity index (χ0) is 15.3. The number of esters is 1. The van der Waals surface area contributed by atoms with E-state index in [4.69, 9.17) is 5.73 Å². The zero-order valence-electron chi connectivity index (χ0n) is 11.7. The predicted octanol–water partition coefficient (Wildman–Crippen LogP) is 0.682. The number of hydrogen-bond acceptors (Lipinski definition) is 7. The van der Waals surface area contributed by atoms with Gasteiger partial charge in [-0.1, -0.05) is 0 Å². The second-order valence-electron chi connectivity index (χ2n) is 5.27. The normalized spacial score (nSPS) is 36.5. The number of hydrogen-bond donors (Lipinski definition) is 2. The van der Waals surface area contributed by atoms with Crippen molar-refractivity contribution in [2.75, 3.05) is 13.4 Å². The number of aliphatic carboxylic acids is 1. The monoisotopic (exact) mass is 318 g/mol. The Balaban J connectivity index is 2.44. The van der Waals surface area contributed by atoms with E-state index in [2.05, 4.69) is 4.74 Å². The maximum Gasteiger partial charge on any atom is 0.332 e. The molecule has 6 nitrogen and oxygen atoms in total. The summed E-state index contributed by atoms with van der Waals surface area (Å²) < 4.78 is 4.15. The van der Waals surface area contributed by atoms with Crippen molar-refractivity contribution in [2.24, 2.45) is 5.73 Å². The van der Waals surface area contributed by atoms with Gasteiger partial charge >= 0.3 is 11.9 Å². The van der Waals surface area contributed by atoms with E-state index in [1.807, 2.05) is 20.1 Å². The lowest BCUT2D eigenvalue weighted by atomic mass is 9.93. The molecule has 0 aromatic rings. The van der Waals surface area contributed by atoms with Crippen LogP contribution < -0.4 is 5.73 Å². The Bertz CT molecular complexity index is 494. The molecule has 20 heavy (non-hydrogen) atoms. The van der Waals surface area contributed by atoms with Crippen molar-refractivity contribution in [1.29, 1.82) is 0 Å². The van der Waals surface area contributed by atoms with Crippen LogP contribution in [0.25, 0.3) is 0 Å². The summed E-state index contributed by atoms with van der Waals surface area (Å²) in [4.78, 5) is 24.0. The molecule has 0 bridgehead atoms. The Morgan fingerprint density at radius 2 is 2.15 bits per heavy atom. The van der Waals surface area contributed by atoms with Gasteiger partial charge in [0.05, 0.1) is 12.8 Å². The van der Waals surface area contributed by atoms with Crippen molar-refractivity contribution in [3.63, 3.8) is 0 Å². The quantitative estimate of drug-likeness (QED) is 0.446. The van der Waals surface area contributed by atoms with Crippen LogP contribution in [0.2, 0.25) is 0 Å². The first-order valence-electron chi connectivity index (χ1n) is 6.02. The Morgan fingerprint density at radius 3 is 2.60 bits per heavy atom. The van der Waals surface area contributed by atoms with Crippen molar-refractivity contribution in [1.82, 2.24) is 4.90 Å². The number of carbonyl (C=O) groups is 2. The van der Waals surface area contributed by atoms with E-state index in [1.165, 1.54) is 36.7 Å². The van der Waals surface area contributed by atoms with E-state index in [-0.39, 0.29) is 5.37 Å². The highest BCUT2D eigenvalue weighted by atomic mass is 32.2. The molecular weight excluding hydrogens is 300 g/mol. The standard InChI is InChI=1S/C12H18N2O4S2/c1-11(2)8(9(16)17)14-6(5-7(15)18-3)12(13,19-4)10(14)20-11/h5,8,10H,13H2,1-4H3,(H,16,17)/b6-5+/t8-,10+,12-/m0/s1. The van der Waals surface area contributed by atoms with Gasteiger partial charge in [0.2, 0.25) is 0 Å². The number of carboxylic acids is 1. The van der Waals surface area contributed by atoms with Crippen molar-refractivity contribution >= 4 is 35.5 Å². The molecule has 3 N–H and O–H groups in total. The number of rotatable bonds is 3. The van der Waals surface area contributed by atoms with Gasteiger partial charge in [-0.25, -0.2) is 9.59 Å². The number of carbonyl (C=O) groups excluding carboxylic acids is 1. The van der Waals surface area contributed by atoms with E-state index in [9.17, 15) is 14.7 Å². The molecule has 0 unspecified atom stereocenters. The summed E-state index contributed by atoms with van der Waals surface area (Å²) in [5.74, 6) is -1.44. The second kappa shape index (κ2) is 4.85. The fourth-order valence-corrected chi connectivity index (χ4v) is 5.37. The van der Waals surface area contributed by atoms with Crippen LogP contribution in [-0.2, 0) is 14.3 Å². The van der Waals surface area contributed by atoms with Crippen LogP contribution in [0.15, 0.2) is 11.8 Å². The maximum atomic E-state index is 11.6. The Morgan fingerprint density at radius 1 is 1.55 bits per heavy atom. The van der Waals surface area contributed by atoms with Crippen LogP contribution in [0.3, 0.4) is 0 Å². The van der Waals surface area contributed by atoms with Crippen LogP contribution >= 0.6 is 23.5 Å². The third kappa shape index (κ3) is 2.01. The third-order valence-electron chi connectivity index (χ3n) is 3.68. The molecule has 2 aliphatic rings. The summed E-state index contributed by atoms with van der Waals surface area (Å²) >= 11 is 2.94. The lowest BCUT2D eigenvalue weighted by molar-refractivity contribution is -0.145. The lowest BCUT2D eigenvalue weighted by Gasteiger charge is -2.54. The van der Waals surface area contributed by atoms with E-state index < -0.39 is 27.6 Å². The fraction of sp³-hybridized carbons (Fsp3) is 0.667. The summed E-state index contributed by atoms with van der Waals surface area (Å²) in [6.45, 7) is 3.76. The smallest absolute Gasteiger partial charge is 0.332 e.